The van der Waals surface area contributed by atoms with Crippen LogP contribution in [-0.4, -0.2) is 43.1 Å². The summed E-state index contributed by atoms with van der Waals surface area (Å²) in [7, 11) is 0. The first-order chi connectivity index (χ1) is 17.0. The monoisotopic (exact) mass is 490 g/mol. The SMILES string of the molecule is CC[N+](CC)(CC)CCC[n+]1ccc(C=C2Sc3ccccc3N2CCC(N)=O)c2ccccc21. The molecule has 1 amide bonds. The normalized spacial score (nSPS) is 14.6. The Balaban J connectivity index is 1.62. The average molecular weight is 491 g/mol. The van der Waals surface area contributed by atoms with Crippen molar-refractivity contribution in [2.45, 2.75) is 45.1 Å². The number of thioether (sulfide) groups is 1. The highest BCUT2D eigenvalue weighted by atomic mass is 32.2. The molecule has 2 N–H and O–H groups in total. The number of carbonyl (C=O) groups is 1. The van der Waals surface area contributed by atoms with Gasteiger partial charge in [-0.25, -0.2) is 0 Å². The fourth-order valence-electron chi connectivity index (χ4n) is 5.10. The number of pyridine rings is 1. The smallest absolute Gasteiger partial charge is 0.219 e. The molecular formula is C29H38N4OS+2. The van der Waals surface area contributed by atoms with Crippen LogP contribution in [-0.2, 0) is 11.3 Å². The molecule has 0 saturated heterocycles. The predicted octanol–water partition coefficient (Wildman–Crippen LogP) is 5.18. The second-order valence-electron chi connectivity index (χ2n) is 9.27. The minimum absolute atomic E-state index is 0.276. The average Bonchev–Trinajstić information content (AvgIpc) is 3.23. The van der Waals surface area contributed by atoms with Gasteiger partial charge in [-0.2, -0.15) is 4.57 Å². The molecular weight excluding hydrogens is 452 g/mol. The van der Waals surface area contributed by atoms with Gasteiger partial charge in [-0.3, -0.25) is 4.79 Å². The third-order valence-corrected chi connectivity index (χ3v) is 8.61. The van der Waals surface area contributed by atoms with Gasteiger partial charge in [0.05, 0.1) is 48.7 Å². The molecule has 0 atom stereocenters. The number of carbonyl (C=O) groups excluding carboxylic acids is 1. The Kier molecular flexibility index (Phi) is 8.14. The number of nitrogens with zero attached hydrogens (tertiary/aromatic N) is 3. The van der Waals surface area contributed by atoms with Gasteiger partial charge in [0.1, 0.15) is 0 Å². The van der Waals surface area contributed by atoms with Gasteiger partial charge in [0.25, 0.3) is 0 Å². The topological polar surface area (TPSA) is 50.2 Å². The highest BCUT2D eigenvalue weighted by molar-refractivity contribution is 8.03. The van der Waals surface area contributed by atoms with Crippen LogP contribution in [0.1, 0.15) is 39.2 Å². The number of quaternary nitrogens is 1. The van der Waals surface area contributed by atoms with Crippen LogP contribution in [0.2, 0.25) is 0 Å². The van der Waals surface area contributed by atoms with Gasteiger partial charge in [-0.05, 0) is 50.6 Å². The lowest BCUT2D eigenvalue weighted by Crippen LogP contribution is -2.49. The number of hydrogen-bond donors (Lipinski definition) is 1. The molecule has 0 unspecified atom stereocenters. The van der Waals surface area contributed by atoms with E-state index in [4.69, 9.17) is 5.73 Å². The molecule has 2 aromatic carbocycles. The Hall–Kier alpha value is -2.83. The maximum absolute atomic E-state index is 11.5. The van der Waals surface area contributed by atoms with E-state index in [1.807, 2.05) is 6.07 Å². The summed E-state index contributed by atoms with van der Waals surface area (Å²) >= 11 is 1.75. The van der Waals surface area contributed by atoms with Crippen LogP contribution >= 0.6 is 11.8 Å². The van der Waals surface area contributed by atoms with Crippen molar-refractivity contribution >= 4 is 40.3 Å². The Morgan fingerprint density at radius 3 is 2.49 bits per heavy atom. The summed E-state index contributed by atoms with van der Waals surface area (Å²) < 4.78 is 3.58. The number of para-hydroxylation sites is 2. The van der Waals surface area contributed by atoms with Crippen LogP contribution in [0.25, 0.3) is 17.0 Å². The molecule has 0 fully saturated rings. The highest BCUT2D eigenvalue weighted by Crippen LogP contribution is 2.46. The van der Waals surface area contributed by atoms with Crippen LogP contribution in [0.15, 0.2) is 70.7 Å². The Labute approximate surface area is 213 Å². The van der Waals surface area contributed by atoms with Gasteiger partial charge >= 0.3 is 0 Å². The van der Waals surface area contributed by atoms with E-state index in [2.05, 4.69) is 91.0 Å². The van der Waals surface area contributed by atoms with Crippen molar-refractivity contribution in [3.63, 3.8) is 0 Å². The molecule has 6 heteroatoms. The molecule has 1 aromatic heterocycles. The van der Waals surface area contributed by atoms with Crippen molar-refractivity contribution in [1.29, 1.82) is 0 Å². The number of rotatable bonds is 11. The number of fused-ring (bicyclic) bond motifs is 2. The highest BCUT2D eigenvalue weighted by Gasteiger charge is 2.26. The van der Waals surface area contributed by atoms with E-state index in [1.165, 1.54) is 52.0 Å². The van der Waals surface area contributed by atoms with Crippen molar-refractivity contribution < 1.29 is 13.8 Å². The molecule has 0 bridgehead atoms. The molecule has 1 aliphatic heterocycles. The van der Waals surface area contributed by atoms with Crippen LogP contribution in [0.3, 0.4) is 0 Å². The number of anilines is 1. The number of aryl methyl sites for hydroxylation is 1. The van der Waals surface area contributed by atoms with Crippen molar-refractivity contribution in [2.75, 3.05) is 37.6 Å². The summed E-state index contributed by atoms with van der Waals surface area (Å²) in [5.41, 5.74) is 9.07. The van der Waals surface area contributed by atoms with E-state index >= 15 is 0 Å². The van der Waals surface area contributed by atoms with Crippen molar-refractivity contribution in [2.24, 2.45) is 5.73 Å². The molecule has 35 heavy (non-hydrogen) atoms. The molecule has 184 valence electrons. The van der Waals surface area contributed by atoms with Crippen molar-refractivity contribution in [3.8, 4) is 0 Å². The van der Waals surface area contributed by atoms with E-state index < -0.39 is 0 Å². The molecule has 0 aliphatic carbocycles. The molecule has 0 radical (unpaired) electrons. The lowest BCUT2D eigenvalue weighted by molar-refractivity contribution is -0.925. The van der Waals surface area contributed by atoms with Crippen LogP contribution in [0, 0.1) is 0 Å². The van der Waals surface area contributed by atoms with Gasteiger partial charge in [-0.15, -0.1) is 0 Å². The standard InChI is InChI=1S/C29H37N4OS/c1-4-33(5-2,6-3)21-11-18-31-19-16-23(24-12-7-8-13-25(24)31)22-29-32(20-17-28(30)34)26-14-9-10-15-27(26)35-29/h7-10,12-16,19,22H,4-6,11,17-18,20-21H2,1-3H3,(H-,30,34)/q+1/p+1. The molecule has 2 heterocycles. The van der Waals surface area contributed by atoms with E-state index in [0.717, 1.165) is 23.7 Å². The first-order valence-electron chi connectivity index (χ1n) is 12.8. The summed E-state index contributed by atoms with van der Waals surface area (Å²) in [5, 5.41) is 2.38. The summed E-state index contributed by atoms with van der Waals surface area (Å²) in [4.78, 5) is 14.9. The fraction of sp³-hybridized carbons (Fsp3) is 0.379. The van der Waals surface area contributed by atoms with E-state index in [1.54, 1.807) is 11.8 Å². The third-order valence-electron chi connectivity index (χ3n) is 7.50. The van der Waals surface area contributed by atoms with Gasteiger partial charge in [0.2, 0.25) is 11.4 Å². The molecule has 4 rings (SSSR count). The zero-order valence-electron chi connectivity index (χ0n) is 21.2. The molecule has 0 spiro atoms. The summed E-state index contributed by atoms with van der Waals surface area (Å²) in [6, 6.07) is 19.3. The van der Waals surface area contributed by atoms with Gasteiger partial charge in [0.15, 0.2) is 12.7 Å². The lowest BCUT2D eigenvalue weighted by Gasteiger charge is -2.35. The summed E-state index contributed by atoms with van der Waals surface area (Å²) in [5.74, 6) is -0.276. The Bertz CT molecular complexity index is 1210. The maximum atomic E-state index is 11.5. The summed E-state index contributed by atoms with van der Waals surface area (Å²) in [6.45, 7) is 13.3. The molecule has 3 aromatic rings. The van der Waals surface area contributed by atoms with Crippen LogP contribution < -0.4 is 15.2 Å². The van der Waals surface area contributed by atoms with Crippen molar-refractivity contribution in [1.82, 2.24) is 0 Å². The fourth-order valence-corrected chi connectivity index (χ4v) is 6.24. The number of benzene rings is 2. The predicted molar refractivity (Wildman–Crippen MR) is 147 cm³/mol. The number of amides is 1. The van der Waals surface area contributed by atoms with E-state index in [0.29, 0.717) is 13.0 Å². The van der Waals surface area contributed by atoms with E-state index in [9.17, 15) is 4.79 Å². The third kappa shape index (κ3) is 5.54. The maximum Gasteiger partial charge on any atom is 0.219 e. The molecule has 1 aliphatic rings. The summed E-state index contributed by atoms with van der Waals surface area (Å²) in [6.07, 6.45) is 5.98. The number of aromatic nitrogens is 1. The largest absolute Gasteiger partial charge is 0.370 e. The first kappa shape index (κ1) is 25.3. The number of primary amides is 1. The molecule has 0 saturated carbocycles. The second kappa shape index (κ2) is 11.3. The Morgan fingerprint density at radius 1 is 1.03 bits per heavy atom. The second-order valence-corrected chi connectivity index (χ2v) is 10.3. The van der Waals surface area contributed by atoms with Crippen molar-refractivity contribution in [3.05, 3.63) is 71.4 Å². The van der Waals surface area contributed by atoms with Crippen LogP contribution in [0.4, 0.5) is 5.69 Å². The number of hydrogen-bond acceptors (Lipinski definition) is 3. The quantitative estimate of drug-likeness (QED) is 0.298. The lowest BCUT2D eigenvalue weighted by atomic mass is 10.1. The van der Waals surface area contributed by atoms with Gasteiger partial charge < -0.3 is 15.1 Å². The molecule has 5 nitrogen and oxygen atoms in total. The minimum atomic E-state index is -0.276. The van der Waals surface area contributed by atoms with Crippen LogP contribution in [0.5, 0.6) is 0 Å². The van der Waals surface area contributed by atoms with Gasteiger partial charge in [0, 0.05) is 30.0 Å². The van der Waals surface area contributed by atoms with Gasteiger partial charge in [-0.1, -0.05) is 36.0 Å². The van der Waals surface area contributed by atoms with E-state index in [-0.39, 0.29) is 5.91 Å². The zero-order chi connectivity index (χ0) is 24.8. The minimum Gasteiger partial charge on any atom is -0.370 e. The Morgan fingerprint density at radius 2 is 1.74 bits per heavy atom. The first-order valence-corrected chi connectivity index (χ1v) is 13.6. The number of nitrogens with two attached hydrogens (primary N) is 1. The zero-order valence-corrected chi connectivity index (χ0v) is 22.1.